The Morgan fingerprint density at radius 1 is 1.18 bits per heavy atom. The molecule has 0 spiro atoms. The molecule has 0 N–H and O–H groups in total. The van der Waals surface area contributed by atoms with Crippen molar-refractivity contribution >= 4 is 43.5 Å². The summed E-state index contributed by atoms with van der Waals surface area (Å²) in [4.78, 5) is 0. The van der Waals surface area contributed by atoms with Gasteiger partial charge in [0.1, 0.15) is 0 Å². The summed E-state index contributed by atoms with van der Waals surface area (Å²) in [6.07, 6.45) is 5.09. The lowest BCUT2D eigenvalue weighted by Gasteiger charge is -2.30. The summed E-state index contributed by atoms with van der Waals surface area (Å²) in [5.41, 5.74) is 2.70. The van der Waals surface area contributed by atoms with E-state index in [0.29, 0.717) is 0 Å². The molecule has 0 bridgehead atoms. The monoisotopic (exact) mass is 378 g/mol. The molecule has 0 radical (unpaired) electrons. The normalized spacial score (nSPS) is 20.5. The molecule has 1 aromatic rings. The molecular weight excluding hydrogens is 363 g/mol. The van der Waals surface area contributed by atoms with Crippen LogP contribution in [0.15, 0.2) is 21.1 Å². The minimum absolute atomic E-state index is 0.0938. The number of hydrogen-bond acceptors (Lipinski definition) is 0. The molecule has 94 valence electrons. The molecule has 1 unspecified atom stereocenters. The van der Waals surface area contributed by atoms with Crippen LogP contribution in [0.25, 0.3) is 0 Å². The first-order valence-electron chi connectivity index (χ1n) is 6.04. The van der Waals surface area contributed by atoms with Crippen LogP contribution in [-0.4, -0.2) is 0 Å². The predicted molar refractivity (Wildman–Crippen MR) is 81.7 cm³/mol. The molecule has 3 heteroatoms. The lowest BCUT2D eigenvalue weighted by molar-refractivity contribution is 0.321. The van der Waals surface area contributed by atoms with Crippen LogP contribution in [0.5, 0.6) is 0 Å². The van der Waals surface area contributed by atoms with Crippen LogP contribution in [0.2, 0.25) is 0 Å². The van der Waals surface area contributed by atoms with E-state index >= 15 is 0 Å². The van der Waals surface area contributed by atoms with Crippen LogP contribution in [-0.2, 0) is 0 Å². The average molecular weight is 381 g/mol. The summed E-state index contributed by atoms with van der Waals surface area (Å²) in [6, 6.07) is 4.31. The second kappa shape index (κ2) is 5.22. The van der Waals surface area contributed by atoms with Crippen molar-refractivity contribution in [2.24, 2.45) is 5.41 Å². The summed E-state index contributed by atoms with van der Waals surface area (Å²) in [7, 11) is 0. The summed E-state index contributed by atoms with van der Waals surface area (Å²) >= 11 is 14.0. The van der Waals surface area contributed by atoms with E-state index in [1.54, 1.807) is 0 Å². The highest BCUT2D eigenvalue weighted by molar-refractivity contribution is 9.11. The molecule has 0 amide bonds. The van der Waals surface area contributed by atoms with Crippen LogP contribution in [0.3, 0.4) is 0 Å². The lowest BCUT2D eigenvalue weighted by Crippen LogP contribution is -2.18. The lowest BCUT2D eigenvalue weighted by atomic mass is 9.81. The smallest absolute Gasteiger partial charge is 0.0650 e. The van der Waals surface area contributed by atoms with Gasteiger partial charge < -0.3 is 0 Å². The second-order valence-electron chi connectivity index (χ2n) is 5.35. The highest BCUT2D eigenvalue weighted by Crippen LogP contribution is 2.52. The summed E-state index contributed by atoms with van der Waals surface area (Å²) in [5.74, 6) is 0. The van der Waals surface area contributed by atoms with Gasteiger partial charge in [-0.3, -0.25) is 0 Å². The summed E-state index contributed by atoms with van der Waals surface area (Å²) in [6.45, 7) is 4.41. The molecule has 0 aliphatic heterocycles. The first kappa shape index (κ1) is 13.9. The van der Waals surface area contributed by atoms with Gasteiger partial charge in [0, 0.05) is 8.95 Å². The fourth-order valence-electron chi connectivity index (χ4n) is 2.67. The Labute approximate surface area is 125 Å². The van der Waals surface area contributed by atoms with Crippen molar-refractivity contribution in [3.8, 4) is 0 Å². The maximum atomic E-state index is 6.73. The molecule has 0 saturated heterocycles. The van der Waals surface area contributed by atoms with Gasteiger partial charge in [0.05, 0.1) is 5.38 Å². The zero-order chi connectivity index (χ0) is 12.6. The van der Waals surface area contributed by atoms with Gasteiger partial charge in [0.2, 0.25) is 0 Å². The SMILES string of the molecule is Cc1cc(Br)c(C(Cl)C2(C)CCCC2)cc1Br. The molecule has 0 aromatic heterocycles. The third-order valence-corrected chi connectivity index (χ3v) is 6.21. The molecular formula is C14H17Br2Cl. The van der Waals surface area contributed by atoms with Crippen molar-refractivity contribution in [3.63, 3.8) is 0 Å². The molecule has 17 heavy (non-hydrogen) atoms. The van der Waals surface area contributed by atoms with Crippen LogP contribution in [0, 0.1) is 12.3 Å². The fraction of sp³-hybridized carbons (Fsp3) is 0.571. The summed E-state index contributed by atoms with van der Waals surface area (Å²) in [5, 5.41) is 0.0938. The fourth-order valence-corrected chi connectivity index (χ4v) is 4.25. The van der Waals surface area contributed by atoms with Crippen molar-refractivity contribution < 1.29 is 0 Å². The number of benzene rings is 1. The number of aryl methyl sites for hydroxylation is 1. The van der Waals surface area contributed by atoms with Crippen LogP contribution < -0.4 is 0 Å². The van der Waals surface area contributed by atoms with Gasteiger partial charge in [0.15, 0.2) is 0 Å². The average Bonchev–Trinajstić information content (AvgIpc) is 2.71. The largest absolute Gasteiger partial charge is 0.117 e. The minimum atomic E-state index is 0.0938. The standard InChI is InChI=1S/C14H17Br2Cl/c1-9-7-12(16)10(8-11(9)15)13(17)14(2)5-3-4-6-14/h7-8,13H,3-6H2,1-2H3. The molecule has 1 atom stereocenters. The van der Waals surface area contributed by atoms with E-state index in [1.807, 2.05) is 0 Å². The van der Waals surface area contributed by atoms with Gasteiger partial charge in [-0.2, -0.15) is 0 Å². The quantitative estimate of drug-likeness (QED) is 0.522. The summed E-state index contributed by atoms with van der Waals surface area (Å²) < 4.78 is 2.27. The van der Waals surface area contributed by atoms with E-state index in [-0.39, 0.29) is 10.8 Å². The van der Waals surface area contributed by atoms with Crippen molar-refractivity contribution in [2.75, 3.05) is 0 Å². The highest BCUT2D eigenvalue weighted by Gasteiger charge is 2.37. The van der Waals surface area contributed by atoms with E-state index in [0.717, 1.165) is 8.95 Å². The minimum Gasteiger partial charge on any atom is -0.117 e. The molecule has 1 fully saturated rings. The third kappa shape index (κ3) is 2.74. The molecule has 1 aromatic carbocycles. The Balaban J connectivity index is 2.36. The van der Waals surface area contributed by atoms with E-state index < -0.39 is 0 Å². The molecule has 0 heterocycles. The Morgan fingerprint density at radius 2 is 1.76 bits per heavy atom. The van der Waals surface area contributed by atoms with Crippen LogP contribution in [0.4, 0.5) is 0 Å². The molecule has 1 saturated carbocycles. The number of alkyl halides is 1. The van der Waals surface area contributed by atoms with Crippen molar-refractivity contribution in [1.29, 1.82) is 0 Å². The Hall–Kier alpha value is 0.470. The first-order valence-corrected chi connectivity index (χ1v) is 8.06. The number of halogens is 3. The number of hydrogen-bond donors (Lipinski definition) is 0. The first-order chi connectivity index (χ1) is 7.94. The Kier molecular flexibility index (Phi) is 4.27. The maximum Gasteiger partial charge on any atom is 0.0650 e. The molecule has 2 rings (SSSR count). The Bertz CT molecular complexity index is 422. The van der Waals surface area contributed by atoms with E-state index in [4.69, 9.17) is 11.6 Å². The van der Waals surface area contributed by atoms with Gasteiger partial charge in [-0.25, -0.2) is 0 Å². The van der Waals surface area contributed by atoms with Crippen molar-refractivity contribution in [1.82, 2.24) is 0 Å². The zero-order valence-electron chi connectivity index (χ0n) is 10.2. The molecule has 0 nitrogen and oxygen atoms in total. The van der Waals surface area contributed by atoms with E-state index in [9.17, 15) is 0 Å². The zero-order valence-corrected chi connectivity index (χ0v) is 14.1. The topological polar surface area (TPSA) is 0 Å². The van der Waals surface area contributed by atoms with E-state index in [2.05, 4.69) is 57.8 Å². The molecule has 1 aliphatic rings. The van der Waals surface area contributed by atoms with Crippen LogP contribution >= 0.6 is 43.5 Å². The maximum absolute atomic E-state index is 6.73. The molecule has 1 aliphatic carbocycles. The Morgan fingerprint density at radius 3 is 2.35 bits per heavy atom. The van der Waals surface area contributed by atoms with Crippen molar-refractivity contribution in [3.05, 3.63) is 32.2 Å². The number of rotatable bonds is 2. The van der Waals surface area contributed by atoms with Gasteiger partial charge in [-0.1, -0.05) is 51.6 Å². The van der Waals surface area contributed by atoms with Crippen molar-refractivity contribution in [2.45, 2.75) is 44.9 Å². The van der Waals surface area contributed by atoms with Crippen LogP contribution in [0.1, 0.15) is 49.1 Å². The third-order valence-electron chi connectivity index (χ3n) is 3.91. The highest BCUT2D eigenvalue weighted by atomic mass is 79.9. The van der Waals surface area contributed by atoms with Gasteiger partial charge in [-0.15, -0.1) is 11.6 Å². The predicted octanol–water partition coefficient (Wildman–Crippen LogP) is 6.38. The van der Waals surface area contributed by atoms with Gasteiger partial charge >= 0.3 is 0 Å². The van der Waals surface area contributed by atoms with E-state index in [1.165, 1.54) is 36.8 Å². The van der Waals surface area contributed by atoms with Gasteiger partial charge in [0.25, 0.3) is 0 Å². The second-order valence-corrected chi connectivity index (χ2v) is 7.49. The van der Waals surface area contributed by atoms with Gasteiger partial charge in [-0.05, 0) is 48.4 Å².